The minimum atomic E-state index is -4.74. The van der Waals surface area contributed by atoms with Gasteiger partial charge in [0.25, 0.3) is 0 Å². The first-order chi connectivity index (χ1) is 14.5. The van der Waals surface area contributed by atoms with Crippen LogP contribution < -0.4 is 4.90 Å². The first-order valence-corrected chi connectivity index (χ1v) is 10.6. The molecule has 0 aromatic carbocycles. The van der Waals surface area contributed by atoms with E-state index in [1.807, 2.05) is 19.9 Å². The van der Waals surface area contributed by atoms with Crippen molar-refractivity contribution in [2.45, 2.75) is 78.6 Å². The molecule has 0 spiro atoms. The number of rotatable bonds is 3. The van der Waals surface area contributed by atoms with E-state index in [0.717, 1.165) is 0 Å². The van der Waals surface area contributed by atoms with Crippen molar-refractivity contribution < 1.29 is 22.7 Å². The molecule has 1 aliphatic heterocycles. The number of anilines is 1. The van der Waals surface area contributed by atoms with E-state index in [1.165, 1.54) is 20.8 Å². The van der Waals surface area contributed by atoms with E-state index in [2.05, 4.69) is 9.97 Å². The lowest BCUT2D eigenvalue weighted by molar-refractivity contribution is -0.142. The topological polar surface area (TPSA) is 82.3 Å². The van der Waals surface area contributed by atoms with Gasteiger partial charge in [0.05, 0.1) is 17.5 Å². The number of nitrogens with zero attached hydrogens (tertiary/aromatic N) is 5. The molecule has 0 N–H and O–H groups in total. The number of carbonyl (C=O) groups is 1. The Kier molecular flexibility index (Phi) is 7.03. The SMILES string of the molecule is Cc1nc(N2CCN(C(=O)OC(C)(C)C)C[C@H]2C(C)C)nc(C(F)(F)F)c1C(C)(C)C#N. The van der Waals surface area contributed by atoms with Gasteiger partial charge >= 0.3 is 12.3 Å². The predicted molar refractivity (Wildman–Crippen MR) is 114 cm³/mol. The molecule has 178 valence electrons. The van der Waals surface area contributed by atoms with Crippen molar-refractivity contribution in [1.82, 2.24) is 14.9 Å². The lowest BCUT2D eigenvalue weighted by atomic mass is 9.83. The number of hydrogen-bond acceptors (Lipinski definition) is 6. The molecule has 1 atom stereocenters. The molecule has 2 heterocycles. The summed E-state index contributed by atoms with van der Waals surface area (Å²) in [7, 11) is 0. The molecule has 1 saturated heterocycles. The quantitative estimate of drug-likeness (QED) is 0.658. The van der Waals surface area contributed by atoms with E-state index < -0.39 is 29.0 Å². The van der Waals surface area contributed by atoms with Gasteiger partial charge in [0.1, 0.15) is 5.60 Å². The number of nitriles is 1. The maximum atomic E-state index is 13.9. The van der Waals surface area contributed by atoms with Crippen LogP contribution in [-0.4, -0.2) is 52.2 Å². The monoisotopic (exact) mass is 455 g/mol. The molecule has 10 heteroatoms. The second-order valence-electron chi connectivity index (χ2n) is 10.00. The summed E-state index contributed by atoms with van der Waals surface area (Å²) >= 11 is 0. The van der Waals surface area contributed by atoms with Gasteiger partial charge in [0.15, 0.2) is 5.69 Å². The third-order valence-electron chi connectivity index (χ3n) is 5.35. The van der Waals surface area contributed by atoms with Crippen molar-refractivity contribution in [2.75, 3.05) is 24.5 Å². The molecule has 32 heavy (non-hydrogen) atoms. The molecular weight excluding hydrogens is 423 g/mol. The fraction of sp³-hybridized carbons (Fsp3) is 0.727. The fourth-order valence-electron chi connectivity index (χ4n) is 3.82. The van der Waals surface area contributed by atoms with E-state index >= 15 is 0 Å². The summed E-state index contributed by atoms with van der Waals surface area (Å²) in [5.41, 5.74) is -3.24. The van der Waals surface area contributed by atoms with Crippen LogP contribution >= 0.6 is 0 Å². The Bertz CT molecular complexity index is 901. The molecule has 2 rings (SSSR count). The lowest BCUT2D eigenvalue weighted by Gasteiger charge is -2.43. The molecule has 0 radical (unpaired) electrons. The van der Waals surface area contributed by atoms with Crippen molar-refractivity contribution in [3.05, 3.63) is 17.0 Å². The lowest BCUT2D eigenvalue weighted by Crippen LogP contribution is -2.58. The molecule has 0 saturated carbocycles. The van der Waals surface area contributed by atoms with E-state index in [0.29, 0.717) is 0 Å². The molecule has 0 aliphatic carbocycles. The highest BCUT2D eigenvalue weighted by atomic mass is 19.4. The van der Waals surface area contributed by atoms with Crippen molar-refractivity contribution in [3.63, 3.8) is 0 Å². The van der Waals surface area contributed by atoms with E-state index in [4.69, 9.17) is 4.74 Å². The molecule has 1 amide bonds. The maximum Gasteiger partial charge on any atom is 0.433 e. The first-order valence-electron chi connectivity index (χ1n) is 10.6. The fourth-order valence-corrected chi connectivity index (χ4v) is 3.82. The van der Waals surface area contributed by atoms with Crippen LogP contribution in [0, 0.1) is 24.2 Å². The summed E-state index contributed by atoms with van der Waals surface area (Å²) in [5.74, 6) is -0.0384. The smallest absolute Gasteiger partial charge is 0.433 e. The van der Waals surface area contributed by atoms with Gasteiger partial charge in [-0.25, -0.2) is 14.8 Å². The number of carbonyl (C=O) groups excluding carboxylic acids is 1. The van der Waals surface area contributed by atoms with Gasteiger partial charge in [0.2, 0.25) is 5.95 Å². The minimum Gasteiger partial charge on any atom is -0.444 e. The van der Waals surface area contributed by atoms with Crippen molar-refractivity contribution >= 4 is 12.0 Å². The van der Waals surface area contributed by atoms with Gasteiger partial charge in [-0.3, -0.25) is 0 Å². The second kappa shape index (κ2) is 8.75. The average Bonchev–Trinajstić information content (AvgIpc) is 2.64. The van der Waals surface area contributed by atoms with Gasteiger partial charge < -0.3 is 14.5 Å². The maximum absolute atomic E-state index is 13.9. The van der Waals surface area contributed by atoms with Gasteiger partial charge in [-0.05, 0) is 47.5 Å². The molecule has 7 nitrogen and oxygen atoms in total. The summed E-state index contributed by atoms with van der Waals surface area (Å²) in [5, 5.41) is 9.42. The zero-order chi connectivity index (χ0) is 24.6. The second-order valence-corrected chi connectivity index (χ2v) is 10.00. The Morgan fingerprint density at radius 1 is 1.16 bits per heavy atom. The zero-order valence-electron chi connectivity index (χ0n) is 20.0. The van der Waals surface area contributed by atoms with Gasteiger partial charge in [0, 0.05) is 30.9 Å². The highest BCUT2D eigenvalue weighted by Gasteiger charge is 2.43. The normalized spacial score (nSPS) is 18.0. The highest BCUT2D eigenvalue weighted by Crippen LogP contribution is 2.39. The van der Waals surface area contributed by atoms with Gasteiger partial charge in [-0.1, -0.05) is 13.8 Å². The summed E-state index contributed by atoms with van der Waals surface area (Å²) < 4.78 is 47.3. The van der Waals surface area contributed by atoms with Crippen LogP contribution in [0.15, 0.2) is 0 Å². The van der Waals surface area contributed by atoms with Gasteiger partial charge in [-0.15, -0.1) is 0 Å². The van der Waals surface area contributed by atoms with Crippen LogP contribution in [0.3, 0.4) is 0 Å². The Morgan fingerprint density at radius 2 is 1.75 bits per heavy atom. The zero-order valence-corrected chi connectivity index (χ0v) is 20.0. The molecule has 1 aliphatic rings. The summed E-state index contributed by atoms with van der Waals surface area (Å²) in [6.45, 7) is 14.3. The number of ether oxygens (including phenoxy) is 1. The van der Waals surface area contributed by atoms with Crippen LogP contribution in [0.1, 0.15) is 65.4 Å². The van der Waals surface area contributed by atoms with Crippen molar-refractivity contribution in [1.29, 1.82) is 5.26 Å². The summed E-state index contributed by atoms with van der Waals surface area (Å²) in [6.07, 6.45) is -5.20. The van der Waals surface area contributed by atoms with E-state index in [1.54, 1.807) is 30.6 Å². The molecule has 1 aromatic rings. The minimum absolute atomic E-state index is 0.00806. The van der Waals surface area contributed by atoms with E-state index in [9.17, 15) is 23.2 Å². The van der Waals surface area contributed by atoms with Crippen LogP contribution in [-0.2, 0) is 16.3 Å². The number of piperazine rings is 1. The largest absolute Gasteiger partial charge is 0.444 e. The first kappa shape index (κ1) is 25.7. The van der Waals surface area contributed by atoms with Crippen LogP contribution in [0.5, 0.6) is 0 Å². The third-order valence-corrected chi connectivity index (χ3v) is 5.35. The molecule has 1 fully saturated rings. The Hall–Kier alpha value is -2.57. The van der Waals surface area contributed by atoms with Crippen molar-refractivity contribution in [2.24, 2.45) is 5.92 Å². The molecule has 0 bridgehead atoms. The highest BCUT2D eigenvalue weighted by molar-refractivity contribution is 5.68. The predicted octanol–water partition coefficient (Wildman–Crippen LogP) is 4.69. The Balaban J connectivity index is 2.48. The molecular formula is C22H32F3N5O2. The summed E-state index contributed by atoms with van der Waals surface area (Å²) in [6, 6.07) is 1.62. The summed E-state index contributed by atoms with van der Waals surface area (Å²) in [4.78, 5) is 24.1. The van der Waals surface area contributed by atoms with Crippen LogP contribution in [0.4, 0.5) is 23.9 Å². The third kappa shape index (κ3) is 5.61. The van der Waals surface area contributed by atoms with Crippen molar-refractivity contribution in [3.8, 4) is 6.07 Å². The number of halogens is 3. The number of amides is 1. The standard InChI is InChI=1S/C22H32F3N5O2/c1-13(2)15-11-29(19(31)32-20(4,5)6)9-10-30(15)18-27-14(3)16(21(7,8)12-26)17(28-18)22(23,24)25/h13,15H,9-11H2,1-8H3/t15-/m0/s1. The van der Waals surface area contributed by atoms with Gasteiger partial charge in [-0.2, -0.15) is 18.4 Å². The average molecular weight is 456 g/mol. The number of alkyl halides is 3. The Morgan fingerprint density at radius 3 is 2.22 bits per heavy atom. The Labute approximate surface area is 187 Å². The van der Waals surface area contributed by atoms with Crippen LogP contribution in [0.2, 0.25) is 0 Å². The van der Waals surface area contributed by atoms with Crippen LogP contribution in [0.25, 0.3) is 0 Å². The number of aryl methyl sites for hydroxylation is 1. The molecule has 1 aromatic heterocycles. The number of hydrogen-bond donors (Lipinski definition) is 0. The molecule has 0 unspecified atom stereocenters. The van der Waals surface area contributed by atoms with E-state index in [-0.39, 0.29) is 48.8 Å². The number of aromatic nitrogens is 2.